The highest BCUT2D eigenvalue weighted by Crippen LogP contribution is 2.42. The van der Waals surface area contributed by atoms with E-state index in [1.54, 1.807) is 41.5 Å². The van der Waals surface area contributed by atoms with Crippen molar-refractivity contribution in [3.05, 3.63) is 65.0 Å². The van der Waals surface area contributed by atoms with Gasteiger partial charge in [-0.25, -0.2) is 9.97 Å². The van der Waals surface area contributed by atoms with E-state index in [0.29, 0.717) is 22.6 Å². The van der Waals surface area contributed by atoms with Crippen molar-refractivity contribution < 1.29 is 8.83 Å². The van der Waals surface area contributed by atoms with E-state index in [0.717, 1.165) is 33.9 Å². The monoisotopic (exact) mass is 464 g/mol. The molecule has 9 heteroatoms. The third kappa shape index (κ3) is 3.77. The molecule has 0 bridgehead atoms. The molecule has 1 aromatic carbocycles. The van der Waals surface area contributed by atoms with Crippen LogP contribution in [0.2, 0.25) is 0 Å². The van der Waals surface area contributed by atoms with Gasteiger partial charge < -0.3 is 8.83 Å². The lowest BCUT2D eigenvalue weighted by Crippen LogP contribution is -1.96. The highest BCUT2D eigenvalue weighted by atomic mass is 32.2. The molecule has 0 unspecified atom stereocenters. The zero-order chi connectivity index (χ0) is 20.6. The van der Waals surface area contributed by atoms with E-state index >= 15 is 0 Å². The Hall–Kier alpha value is -2.62. The maximum atomic E-state index is 5.83. The fourth-order valence-electron chi connectivity index (χ4n) is 3.64. The standard InChI is InChI=1S/C22H16N4O2S3/c1-2-6-13(7-3-1)29-12-17-23-20-18(14-8-4-10-16(14)30-20)21(24-17)31-22-26-25-19(28-22)15-9-5-11-27-15/h1-3,5-7,9,11H,4,8,10,12H2. The Morgan fingerprint density at radius 3 is 2.81 bits per heavy atom. The molecule has 1 aliphatic rings. The fourth-order valence-corrected chi connectivity index (χ4v) is 6.60. The van der Waals surface area contributed by atoms with Gasteiger partial charge in [0.2, 0.25) is 0 Å². The van der Waals surface area contributed by atoms with Crippen molar-refractivity contribution in [2.75, 3.05) is 0 Å². The van der Waals surface area contributed by atoms with E-state index in [9.17, 15) is 0 Å². The van der Waals surface area contributed by atoms with Gasteiger partial charge >= 0.3 is 0 Å². The van der Waals surface area contributed by atoms with Crippen LogP contribution in [0.5, 0.6) is 0 Å². The summed E-state index contributed by atoms with van der Waals surface area (Å²) < 4.78 is 11.2. The summed E-state index contributed by atoms with van der Waals surface area (Å²) in [6.45, 7) is 0. The van der Waals surface area contributed by atoms with Crippen molar-refractivity contribution in [2.45, 2.75) is 40.2 Å². The molecule has 4 heterocycles. The van der Waals surface area contributed by atoms with Crippen LogP contribution in [0.3, 0.4) is 0 Å². The molecule has 1 aliphatic carbocycles. The van der Waals surface area contributed by atoms with Gasteiger partial charge in [0.25, 0.3) is 11.1 Å². The number of benzene rings is 1. The van der Waals surface area contributed by atoms with Crippen LogP contribution in [0.4, 0.5) is 0 Å². The lowest BCUT2D eigenvalue weighted by Gasteiger charge is -2.06. The van der Waals surface area contributed by atoms with Crippen molar-refractivity contribution in [2.24, 2.45) is 0 Å². The number of thiophene rings is 1. The summed E-state index contributed by atoms with van der Waals surface area (Å²) in [6, 6.07) is 13.9. The normalized spacial score (nSPS) is 13.2. The first-order valence-electron chi connectivity index (χ1n) is 9.88. The van der Waals surface area contributed by atoms with Crippen molar-refractivity contribution in [1.29, 1.82) is 0 Å². The van der Waals surface area contributed by atoms with E-state index in [1.807, 2.05) is 18.2 Å². The number of aryl methyl sites for hydroxylation is 2. The van der Waals surface area contributed by atoms with Gasteiger partial charge in [0.15, 0.2) is 5.76 Å². The van der Waals surface area contributed by atoms with Crippen molar-refractivity contribution in [3.63, 3.8) is 0 Å². The first-order chi connectivity index (χ1) is 15.3. The molecule has 0 spiro atoms. The molecule has 0 amide bonds. The number of aromatic nitrogens is 4. The lowest BCUT2D eigenvalue weighted by atomic mass is 10.2. The molecule has 154 valence electrons. The van der Waals surface area contributed by atoms with E-state index < -0.39 is 0 Å². The highest BCUT2D eigenvalue weighted by molar-refractivity contribution is 7.99. The van der Waals surface area contributed by atoms with E-state index in [2.05, 4.69) is 22.3 Å². The summed E-state index contributed by atoms with van der Waals surface area (Å²) in [7, 11) is 0. The maximum absolute atomic E-state index is 5.83. The first kappa shape index (κ1) is 19.1. The molecule has 5 aromatic rings. The first-order valence-corrected chi connectivity index (χ1v) is 12.5. The largest absolute Gasteiger partial charge is 0.459 e. The summed E-state index contributed by atoms with van der Waals surface area (Å²) in [5, 5.41) is 10.8. The molecule has 6 rings (SSSR count). The Morgan fingerprint density at radius 1 is 1.00 bits per heavy atom. The van der Waals surface area contributed by atoms with Crippen LogP contribution >= 0.6 is 34.9 Å². The Labute approximate surface area is 190 Å². The molecular formula is C22H16N4O2S3. The van der Waals surface area contributed by atoms with E-state index in [4.69, 9.17) is 18.8 Å². The second kappa shape index (κ2) is 8.14. The number of hydrogen-bond acceptors (Lipinski definition) is 9. The Kier molecular flexibility index (Phi) is 5.01. The lowest BCUT2D eigenvalue weighted by molar-refractivity contribution is 0.447. The van der Waals surface area contributed by atoms with Gasteiger partial charge in [-0.05, 0) is 60.9 Å². The number of fused-ring (bicyclic) bond motifs is 3. The average molecular weight is 465 g/mol. The minimum atomic E-state index is 0.369. The van der Waals surface area contributed by atoms with Crippen LogP contribution in [-0.4, -0.2) is 20.2 Å². The second-order valence-corrected chi connectivity index (χ2v) is 10.1. The predicted molar refractivity (Wildman–Crippen MR) is 122 cm³/mol. The third-order valence-corrected chi connectivity index (χ3v) is 8.03. The van der Waals surface area contributed by atoms with Crippen molar-refractivity contribution >= 4 is 45.1 Å². The molecule has 0 atom stereocenters. The van der Waals surface area contributed by atoms with Crippen molar-refractivity contribution in [3.8, 4) is 11.7 Å². The zero-order valence-corrected chi connectivity index (χ0v) is 18.7. The van der Waals surface area contributed by atoms with Gasteiger partial charge in [-0.15, -0.1) is 33.3 Å². The minimum absolute atomic E-state index is 0.369. The van der Waals surface area contributed by atoms with E-state index in [-0.39, 0.29) is 0 Å². The smallest absolute Gasteiger partial charge is 0.284 e. The molecule has 4 aromatic heterocycles. The molecular weight excluding hydrogens is 448 g/mol. The number of furan rings is 1. The number of hydrogen-bond donors (Lipinski definition) is 0. The molecule has 0 radical (unpaired) electrons. The highest BCUT2D eigenvalue weighted by Gasteiger charge is 2.24. The molecule has 0 saturated carbocycles. The van der Waals surface area contributed by atoms with Crippen LogP contribution < -0.4 is 0 Å². The van der Waals surface area contributed by atoms with Gasteiger partial charge in [-0.2, -0.15) is 0 Å². The summed E-state index contributed by atoms with van der Waals surface area (Å²) in [6.07, 6.45) is 4.98. The van der Waals surface area contributed by atoms with Gasteiger partial charge in [0.1, 0.15) is 15.7 Å². The molecule has 0 N–H and O–H groups in total. The number of nitrogens with zero attached hydrogens (tertiary/aromatic N) is 4. The van der Waals surface area contributed by atoms with Gasteiger partial charge in [0.05, 0.1) is 12.0 Å². The topological polar surface area (TPSA) is 77.8 Å². The molecule has 31 heavy (non-hydrogen) atoms. The van der Waals surface area contributed by atoms with Crippen LogP contribution in [0, 0.1) is 0 Å². The van der Waals surface area contributed by atoms with Crippen LogP contribution in [0.15, 0.2) is 72.7 Å². The van der Waals surface area contributed by atoms with Gasteiger partial charge in [-0.3, -0.25) is 0 Å². The quantitative estimate of drug-likeness (QED) is 0.215. The third-order valence-electron chi connectivity index (χ3n) is 5.01. The fraction of sp³-hybridized carbons (Fsp3) is 0.182. The summed E-state index contributed by atoms with van der Waals surface area (Å²) in [5.41, 5.74) is 1.38. The average Bonchev–Trinajstić information content (AvgIpc) is 3.56. The van der Waals surface area contributed by atoms with Crippen LogP contribution in [-0.2, 0) is 18.6 Å². The molecule has 0 fully saturated rings. The Morgan fingerprint density at radius 2 is 1.94 bits per heavy atom. The van der Waals surface area contributed by atoms with Gasteiger partial charge in [-0.1, -0.05) is 18.2 Å². The SMILES string of the molecule is c1ccc(SCc2nc(Sc3nnc(-c4ccco4)o3)c3c4c(sc3n2)CCC4)cc1. The second-order valence-electron chi connectivity index (χ2n) is 7.04. The number of thioether (sulfide) groups is 1. The number of rotatable bonds is 6. The summed E-state index contributed by atoms with van der Waals surface area (Å²) in [5.74, 6) is 2.45. The van der Waals surface area contributed by atoms with Crippen molar-refractivity contribution in [1.82, 2.24) is 20.2 Å². The molecule has 6 nitrogen and oxygen atoms in total. The summed E-state index contributed by atoms with van der Waals surface area (Å²) in [4.78, 5) is 13.5. The molecule has 0 saturated heterocycles. The summed E-state index contributed by atoms with van der Waals surface area (Å²) >= 11 is 4.94. The Balaban J connectivity index is 1.35. The van der Waals surface area contributed by atoms with Gasteiger partial charge in [0, 0.05) is 15.2 Å². The van der Waals surface area contributed by atoms with E-state index in [1.165, 1.54) is 33.5 Å². The van der Waals surface area contributed by atoms with Crippen LogP contribution in [0.25, 0.3) is 21.9 Å². The zero-order valence-electron chi connectivity index (χ0n) is 16.3. The minimum Gasteiger partial charge on any atom is -0.459 e. The predicted octanol–water partition coefficient (Wildman–Crippen LogP) is 6.27. The Bertz CT molecular complexity index is 1350. The van der Waals surface area contributed by atoms with Crippen LogP contribution in [0.1, 0.15) is 22.7 Å². The molecule has 0 aliphatic heterocycles. The maximum Gasteiger partial charge on any atom is 0.284 e.